The highest BCUT2D eigenvalue weighted by Gasteiger charge is 2.08. The number of aromatic nitrogens is 1. The highest BCUT2D eigenvalue weighted by molar-refractivity contribution is 6.16. The van der Waals surface area contributed by atoms with Gasteiger partial charge in [-0.3, -0.25) is 0 Å². The summed E-state index contributed by atoms with van der Waals surface area (Å²) in [5, 5.41) is 0. The van der Waals surface area contributed by atoms with Crippen molar-refractivity contribution >= 4 is 17.4 Å². The van der Waals surface area contributed by atoms with Crippen molar-refractivity contribution in [3.05, 3.63) is 23.9 Å². The van der Waals surface area contributed by atoms with Gasteiger partial charge in [0.15, 0.2) is 0 Å². The van der Waals surface area contributed by atoms with Gasteiger partial charge in [0.1, 0.15) is 5.82 Å². The molecule has 1 aromatic heterocycles. The molecule has 0 N–H and O–H groups in total. The fourth-order valence-electron chi connectivity index (χ4n) is 1.66. The summed E-state index contributed by atoms with van der Waals surface area (Å²) in [7, 11) is 3.42. The number of nitrogens with zero attached hydrogens (tertiary/aromatic N) is 2. The Kier molecular flexibility index (Phi) is 7.73. The quantitative estimate of drug-likeness (QED) is 0.510. The summed E-state index contributed by atoms with van der Waals surface area (Å²) in [6, 6.07) is 5.91. The average molecular weight is 273 g/mol. The molecule has 0 saturated carbocycles. The van der Waals surface area contributed by atoms with E-state index in [1.165, 1.54) is 0 Å². The number of alkyl halides is 1. The largest absolute Gasteiger partial charge is 0.385 e. The van der Waals surface area contributed by atoms with Gasteiger partial charge >= 0.3 is 0 Å². The molecule has 5 heteroatoms. The zero-order chi connectivity index (χ0) is 13.2. The van der Waals surface area contributed by atoms with E-state index in [1.807, 2.05) is 18.2 Å². The Bertz CT molecular complexity index is 337. The molecule has 0 aliphatic carbocycles. The van der Waals surface area contributed by atoms with E-state index in [-0.39, 0.29) is 0 Å². The van der Waals surface area contributed by atoms with Crippen LogP contribution in [-0.4, -0.2) is 45.5 Å². The minimum atomic E-state index is 0.435. The van der Waals surface area contributed by atoms with E-state index in [9.17, 15) is 0 Å². The lowest BCUT2D eigenvalue weighted by molar-refractivity contribution is 0.191. The van der Waals surface area contributed by atoms with Gasteiger partial charge in [0.05, 0.1) is 18.2 Å². The van der Waals surface area contributed by atoms with Gasteiger partial charge in [-0.15, -0.1) is 11.6 Å². The van der Waals surface area contributed by atoms with Crippen LogP contribution in [0, 0.1) is 0 Å². The molecule has 0 radical (unpaired) electrons. The molecule has 0 fully saturated rings. The van der Waals surface area contributed by atoms with Gasteiger partial charge < -0.3 is 14.4 Å². The number of anilines is 1. The van der Waals surface area contributed by atoms with E-state index >= 15 is 0 Å². The van der Waals surface area contributed by atoms with Crippen LogP contribution in [0.4, 0.5) is 5.82 Å². The van der Waals surface area contributed by atoms with Gasteiger partial charge in [-0.05, 0) is 18.6 Å². The second kappa shape index (κ2) is 9.14. The first kappa shape index (κ1) is 15.2. The molecule has 0 spiro atoms. The molecule has 0 aliphatic rings. The molecule has 0 aromatic carbocycles. The summed E-state index contributed by atoms with van der Waals surface area (Å²) < 4.78 is 10.2. The first-order chi connectivity index (χ1) is 8.81. The Morgan fingerprint density at radius 1 is 1.17 bits per heavy atom. The molecular weight excluding hydrogens is 252 g/mol. The van der Waals surface area contributed by atoms with Gasteiger partial charge in [-0.1, -0.05) is 6.07 Å². The van der Waals surface area contributed by atoms with Crippen LogP contribution in [0.25, 0.3) is 0 Å². The normalized spacial score (nSPS) is 10.6. The van der Waals surface area contributed by atoms with Crippen LogP contribution < -0.4 is 4.90 Å². The van der Waals surface area contributed by atoms with Gasteiger partial charge in [0.25, 0.3) is 0 Å². The van der Waals surface area contributed by atoms with Crippen LogP contribution in [0.5, 0.6) is 0 Å². The van der Waals surface area contributed by atoms with Crippen LogP contribution in [0.2, 0.25) is 0 Å². The summed E-state index contributed by atoms with van der Waals surface area (Å²) in [6.45, 7) is 3.15. The zero-order valence-corrected chi connectivity index (χ0v) is 11.8. The molecule has 1 rings (SSSR count). The predicted molar refractivity (Wildman–Crippen MR) is 74.4 cm³/mol. The van der Waals surface area contributed by atoms with Crippen LogP contribution >= 0.6 is 11.6 Å². The summed E-state index contributed by atoms with van der Waals surface area (Å²) in [4.78, 5) is 6.71. The third-order valence-electron chi connectivity index (χ3n) is 2.59. The Morgan fingerprint density at radius 3 is 2.61 bits per heavy atom. The number of ether oxygens (including phenoxy) is 2. The average Bonchev–Trinajstić information content (AvgIpc) is 2.42. The maximum Gasteiger partial charge on any atom is 0.128 e. The lowest BCUT2D eigenvalue weighted by atomic mass is 10.3. The van der Waals surface area contributed by atoms with Crippen LogP contribution in [0.1, 0.15) is 12.1 Å². The van der Waals surface area contributed by atoms with Crippen molar-refractivity contribution in [2.75, 3.05) is 45.4 Å². The number of hydrogen-bond donors (Lipinski definition) is 0. The minimum absolute atomic E-state index is 0.435. The molecule has 4 nitrogen and oxygen atoms in total. The predicted octanol–water partition coefficient (Wildman–Crippen LogP) is 2.31. The van der Waals surface area contributed by atoms with Crippen molar-refractivity contribution in [2.24, 2.45) is 0 Å². The van der Waals surface area contributed by atoms with Crippen molar-refractivity contribution in [3.63, 3.8) is 0 Å². The summed E-state index contributed by atoms with van der Waals surface area (Å²) in [6.07, 6.45) is 0.965. The minimum Gasteiger partial charge on any atom is -0.385 e. The summed E-state index contributed by atoms with van der Waals surface area (Å²) in [5.41, 5.74) is 0.892. The van der Waals surface area contributed by atoms with E-state index in [4.69, 9.17) is 21.1 Å². The SMILES string of the molecule is COCCCN(CCOC)c1cccc(CCl)n1. The first-order valence-corrected chi connectivity index (χ1v) is 6.60. The molecular formula is C13H21ClN2O2. The molecule has 0 amide bonds. The van der Waals surface area contributed by atoms with Crippen LogP contribution in [-0.2, 0) is 15.4 Å². The number of pyridine rings is 1. The Balaban J connectivity index is 2.66. The molecule has 1 aromatic rings. The van der Waals surface area contributed by atoms with Crippen molar-refractivity contribution in [1.82, 2.24) is 4.98 Å². The fraction of sp³-hybridized carbons (Fsp3) is 0.615. The second-order valence-electron chi connectivity index (χ2n) is 3.95. The maximum absolute atomic E-state index is 5.81. The molecule has 18 heavy (non-hydrogen) atoms. The van der Waals surface area contributed by atoms with E-state index in [2.05, 4.69) is 9.88 Å². The highest BCUT2D eigenvalue weighted by Crippen LogP contribution is 2.13. The maximum atomic E-state index is 5.81. The van der Waals surface area contributed by atoms with Gasteiger partial charge in [-0.2, -0.15) is 0 Å². The molecule has 0 atom stereocenters. The second-order valence-corrected chi connectivity index (χ2v) is 4.21. The van der Waals surface area contributed by atoms with Crippen molar-refractivity contribution < 1.29 is 9.47 Å². The van der Waals surface area contributed by atoms with E-state index in [0.29, 0.717) is 12.5 Å². The third kappa shape index (κ3) is 5.21. The molecule has 1 heterocycles. The summed E-state index contributed by atoms with van der Waals surface area (Å²) >= 11 is 5.81. The van der Waals surface area contributed by atoms with Crippen LogP contribution in [0.15, 0.2) is 18.2 Å². The Labute approximate surface area is 114 Å². The topological polar surface area (TPSA) is 34.6 Å². The fourth-order valence-corrected chi connectivity index (χ4v) is 1.81. The Hall–Kier alpha value is -0.840. The highest BCUT2D eigenvalue weighted by atomic mass is 35.5. The monoisotopic (exact) mass is 272 g/mol. The number of rotatable bonds is 9. The number of hydrogen-bond acceptors (Lipinski definition) is 4. The molecule has 0 unspecified atom stereocenters. The van der Waals surface area contributed by atoms with Crippen molar-refractivity contribution in [1.29, 1.82) is 0 Å². The molecule has 0 aliphatic heterocycles. The van der Waals surface area contributed by atoms with E-state index in [0.717, 1.165) is 37.6 Å². The third-order valence-corrected chi connectivity index (χ3v) is 2.87. The molecule has 0 saturated heterocycles. The van der Waals surface area contributed by atoms with Gasteiger partial charge in [0.2, 0.25) is 0 Å². The number of methoxy groups -OCH3 is 2. The van der Waals surface area contributed by atoms with Crippen LogP contribution in [0.3, 0.4) is 0 Å². The summed E-state index contributed by atoms with van der Waals surface area (Å²) in [5.74, 6) is 1.38. The first-order valence-electron chi connectivity index (χ1n) is 6.06. The van der Waals surface area contributed by atoms with Crippen molar-refractivity contribution in [3.8, 4) is 0 Å². The smallest absolute Gasteiger partial charge is 0.128 e. The molecule has 0 bridgehead atoms. The molecule has 102 valence electrons. The Morgan fingerprint density at radius 2 is 1.94 bits per heavy atom. The van der Waals surface area contributed by atoms with Gasteiger partial charge in [-0.25, -0.2) is 4.98 Å². The van der Waals surface area contributed by atoms with E-state index in [1.54, 1.807) is 14.2 Å². The standard InChI is InChI=1S/C13H21ClN2O2/c1-17-9-4-7-16(8-10-18-2)13-6-3-5-12(11-14)15-13/h3,5-6H,4,7-11H2,1-2H3. The number of halogens is 1. The lowest BCUT2D eigenvalue weighted by Crippen LogP contribution is -2.29. The van der Waals surface area contributed by atoms with Crippen molar-refractivity contribution in [2.45, 2.75) is 12.3 Å². The lowest BCUT2D eigenvalue weighted by Gasteiger charge is -2.23. The van der Waals surface area contributed by atoms with Gasteiger partial charge in [0, 0.05) is 33.9 Å². The van der Waals surface area contributed by atoms with E-state index < -0.39 is 0 Å². The zero-order valence-electron chi connectivity index (χ0n) is 11.1.